The molecule has 0 saturated carbocycles. The van der Waals surface area contributed by atoms with E-state index < -0.39 is 6.10 Å². The smallest absolute Gasteiger partial charge is 0.122 e. The molecule has 1 unspecified atom stereocenters. The predicted molar refractivity (Wildman–Crippen MR) is 56.7 cm³/mol. The number of rotatable bonds is 7. The van der Waals surface area contributed by atoms with Crippen LogP contribution in [0, 0.1) is 0 Å². The molecular weight excluding hydrogens is 192 g/mol. The Hall–Kier alpha value is 0.330. The van der Waals surface area contributed by atoms with E-state index in [2.05, 4.69) is 12.5 Å². The van der Waals surface area contributed by atoms with E-state index in [-0.39, 0.29) is 6.42 Å². The van der Waals surface area contributed by atoms with Crippen LogP contribution < -0.4 is 0 Å². The molecule has 0 spiro atoms. The van der Waals surface area contributed by atoms with Crippen LogP contribution in [-0.2, 0) is 4.79 Å². The summed E-state index contributed by atoms with van der Waals surface area (Å²) < 4.78 is 0.548. The largest absolute Gasteiger partial charge is 0.393 e. The molecule has 0 aromatic carbocycles. The lowest BCUT2D eigenvalue weighted by molar-refractivity contribution is -0.109. The van der Waals surface area contributed by atoms with Crippen molar-refractivity contribution >= 4 is 29.8 Å². The average Bonchev–Trinajstić information content (AvgIpc) is 2.07. The third kappa shape index (κ3) is 5.91. The molecule has 0 amide bonds. The zero-order valence-electron chi connectivity index (χ0n) is 7.53. The van der Waals surface area contributed by atoms with Crippen molar-refractivity contribution in [2.45, 2.75) is 29.9 Å². The molecule has 0 aliphatic rings. The molecule has 0 bridgehead atoms. The highest BCUT2D eigenvalue weighted by Gasteiger charge is 2.08. The first-order chi connectivity index (χ1) is 5.74. The fourth-order valence-corrected chi connectivity index (χ4v) is 2.40. The van der Waals surface area contributed by atoms with Gasteiger partial charge in [-0.05, 0) is 25.4 Å². The van der Waals surface area contributed by atoms with Crippen molar-refractivity contribution in [3.63, 3.8) is 0 Å². The van der Waals surface area contributed by atoms with Crippen molar-refractivity contribution in [2.24, 2.45) is 0 Å². The average molecular weight is 208 g/mol. The van der Waals surface area contributed by atoms with Crippen LogP contribution in [0.4, 0.5) is 0 Å². The van der Waals surface area contributed by atoms with E-state index in [1.807, 2.05) is 0 Å². The SMILES string of the molecule is CSC(CCC(O)CC=O)SC. The third-order valence-electron chi connectivity index (χ3n) is 1.63. The molecule has 0 saturated heterocycles. The number of carbonyl (C=O) groups is 1. The number of aldehydes is 1. The van der Waals surface area contributed by atoms with E-state index in [1.165, 1.54) is 0 Å². The summed E-state index contributed by atoms with van der Waals surface area (Å²) in [5, 5.41) is 9.24. The molecule has 1 N–H and O–H groups in total. The maximum absolute atomic E-state index is 10.0. The van der Waals surface area contributed by atoms with E-state index in [9.17, 15) is 9.90 Å². The number of aliphatic hydroxyl groups is 1. The lowest BCUT2D eigenvalue weighted by Gasteiger charge is -2.12. The predicted octanol–water partition coefficient (Wildman–Crippen LogP) is 1.77. The number of aliphatic hydroxyl groups excluding tert-OH is 1. The first kappa shape index (κ1) is 12.3. The number of thioether (sulfide) groups is 2. The maximum Gasteiger partial charge on any atom is 0.122 e. The number of carbonyl (C=O) groups excluding carboxylic acids is 1. The minimum atomic E-state index is -0.440. The van der Waals surface area contributed by atoms with Crippen molar-refractivity contribution in [1.82, 2.24) is 0 Å². The van der Waals surface area contributed by atoms with Crippen LogP contribution in [0.25, 0.3) is 0 Å². The summed E-state index contributed by atoms with van der Waals surface area (Å²) in [4.78, 5) is 10.0. The Morgan fingerprint density at radius 3 is 2.33 bits per heavy atom. The van der Waals surface area contributed by atoms with Gasteiger partial charge in [0.15, 0.2) is 0 Å². The standard InChI is InChI=1S/C8H16O2S2/c1-11-8(12-2)4-3-7(10)5-6-9/h6-8,10H,3-5H2,1-2H3. The minimum Gasteiger partial charge on any atom is -0.393 e. The highest BCUT2D eigenvalue weighted by Crippen LogP contribution is 2.24. The molecule has 0 aromatic rings. The first-order valence-electron chi connectivity index (χ1n) is 3.91. The molecule has 4 heteroatoms. The van der Waals surface area contributed by atoms with Crippen LogP contribution >= 0.6 is 23.5 Å². The molecule has 12 heavy (non-hydrogen) atoms. The summed E-state index contributed by atoms with van der Waals surface area (Å²) in [5.74, 6) is 0. The van der Waals surface area contributed by atoms with E-state index in [4.69, 9.17) is 0 Å². The van der Waals surface area contributed by atoms with Gasteiger partial charge in [0, 0.05) is 11.0 Å². The number of hydrogen-bond donors (Lipinski definition) is 1. The Balaban J connectivity index is 3.43. The highest BCUT2D eigenvalue weighted by molar-refractivity contribution is 8.16. The molecule has 1 atom stereocenters. The summed E-state index contributed by atoms with van der Waals surface area (Å²) in [6, 6.07) is 0. The van der Waals surface area contributed by atoms with Crippen LogP contribution in [0.15, 0.2) is 0 Å². The van der Waals surface area contributed by atoms with Crippen molar-refractivity contribution < 1.29 is 9.90 Å². The van der Waals surface area contributed by atoms with Gasteiger partial charge in [0.1, 0.15) is 6.29 Å². The minimum absolute atomic E-state index is 0.273. The monoisotopic (exact) mass is 208 g/mol. The van der Waals surface area contributed by atoms with Gasteiger partial charge in [0.2, 0.25) is 0 Å². The third-order valence-corrected chi connectivity index (χ3v) is 4.31. The Kier molecular flexibility index (Phi) is 8.17. The Morgan fingerprint density at radius 2 is 1.92 bits per heavy atom. The molecule has 0 aliphatic carbocycles. The van der Waals surface area contributed by atoms with E-state index in [1.54, 1.807) is 23.5 Å². The van der Waals surface area contributed by atoms with Gasteiger partial charge >= 0.3 is 0 Å². The van der Waals surface area contributed by atoms with Crippen molar-refractivity contribution in [2.75, 3.05) is 12.5 Å². The van der Waals surface area contributed by atoms with Crippen LogP contribution in [0.3, 0.4) is 0 Å². The van der Waals surface area contributed by atoms with Gasteiger partial charge in [-0.3, -0.25) is 0 Å². The fraction of sp³-hybridized carbons (Fsp3) is 0.875. The first-order valence-corrected chi connectivity index (χ1v) is 6.49. The quantitative estimate of drug-likeness (QED) is 0.511. The summed E-state index contributed by atoms with van der Waals surface area (Å²) in [6.07, 6.45) is 6.43. The summed E-state index contributed by atoms with van der Waals surface area (Å²) in [5.41, 5.74) is 0. The Bertz CT molecular complexity index is 116. The molecule has 2 nitrogen and oxygen atoms in total. The second kappa shape index (κ2) is 7.95. The number of hydrogen-bond acceptors (Lipinski definition) is 4. The van der Waals surface area contributed by atoms with Crippen molar-refractivity contribution in [3.05, 3.63) is 0 Å². The molecule has 0 rings (SSSR count). The van der Waals surface area contributed by atoms with Crippen LogP contribution in [0.2, 0.25) is 0 Å². The zero-order valence-corrected chi connectivity index (χ0v) is 9.16. The normalized spacial score (nSPS) is 13.3. The van der Waals surface area contributed by atoms with E-state index >= 15 is 0 Å². The van der Waals surface area contributed by atoms with Crippen LogP contribution in [0.5, 0.6) is 0 Å². The van der Waals surface area contributed by atoms with Gasteiger partial charge in [-0.1, -0.05) is 0 Å². The maximum atomic E-state index is 10.0. The van der Waals surface area contributed by atoms with Crippen molar-refractivity contribution in [1.29, 1.82) is 0 Å². The molecule has 0 heterocycles. The second-order valence-electron chi connectivity index (χ2n) is 2.53. The van der Waals surface area contributed by atoms with E-state index in [0.29, 0.717) is 4.58 Å². The van der Waals surface area contributed by atoms with E-state index in [0.717, 1.165) is 19.1 Å². The van der Waals surface area contributed by atoms with Gasteiger partial charge in [-0.2, -0.15) is 23.5 Å². The molecule has 0 fully saturated rings. The lowest BCUT2D eigenvalue weighted by Crippen LogP contribution is -2.09. The highest BCUT2D eigenvalue weighted by atomic mass is 32.2. The summed E-state index contributed by atoms with van der Waals surface area (Å²) in [7, 11) is 0. The summed E-state index contributed by atoms with van der Waals surface area (Å²) >= 11 is 3.59. The van der Waals surface area contributed by atoms with Gasteiger partial charge in [-0.15, -0.1) is 0 Å². The zero-order chi connectivity index (χ0) is 9.40. The topological polar surface area (TPSA) is 37.3 Å². The molecule has 0 aliphatic heterocycles. The molecular formula is C8H16O2S2. The Morgan fingerprint density at radius 1 is 1.33 bits per heavy atom. The fourth-order valence-electron chi connectivity index (χ4n) is 0.889. The van der Waals surface area contributed by atoms with Gasteiger partial charge in [-0.25, -0.2) is 0 Å². The van der Waals surface area contributed by atoms with Gasteiger partial charge in [0.25, 0.3) is 0 Å². The van der Waals surface area contributed by atoms with Gasteiger partial charge < -0.3 is 9.90 Å². The second-order valence-corrected chi connectivity index (χ2v) is 4.91. The summed E-state index contributed by atoms with van der Waals surface area (Å²) in [6.45, 7) is 0. The molecule has 0 radical (unpaired) electrons. The molecule has 0 aromatic heterocycles. The van der Waals surface area contributed by atoms with Crippen LogP contribution in [-0.4, -0.2) is 34.6 Å². The molecule has 72 valence electrons. The van der Waals surface area contributed by atoms with Crippen LogP contribution in [0.1, 0.15) is 19.3 Å². The Labute approximate surface area is 82.5 Å². The van der Waals surface area contributed by atoms with Gasteiger partial charge in [0.05, 0.1) is 6.10 Å². The lowest BCUT2D eigenvalue weighted by atomic mass is 10.2. The van der Waals surface area contributed by atoms with Crippen molar-refractivity contribution in [3.8, 4) is 0 Å².